The highest BCUT2D eigenvalue weighted by Gasteiger charge is 2.51. The largest absolute Gasteiger partial charge is 0.454 e. The number of halogens is 1. The maximum Gasteiger partial charge on any atom is 0.156 e. The van der Waals surface area contributed by atoms with Gasteiger partial charge >= 0.3 is 0 Å². The molecular formula is C42H28FNO. The highest BCUT2D eigenvalue weighted by atomic mass is 19.1. The van der Waals surface area contributed by atoms with Crippen molar-refractivity contribution in [2.75, 3.05) is 0 Å². The lowest BCUT2D eigenvalue weighted by atomic mass is 9.66. The van der Waals surface area contributed by atoms with Crippen molar-refractivity contribution in [3.8, 4) is 39.6 Å². The van der Waals surface area contributed by atoms with Crippen LogP contribution in [-0.4, -0.2) is 4.57 Å². The van der Waals surface area contributed by atoms with E-state index in [1.165, 1.54) is 50.0 Å². The first kappa shape index (κ1) is 25.0. The van der Waals surface area contributed by atoms with Crippen LogP contribution in [0.1, 0.15) is 46.2 Å². The molecule has 45 heavy (non-hydrogen) atoms. The molecular weight excluding hydrogens is 553 g/mol. The lowest BCUT2D eigenvalue weighted by Crippen LogP contribution is -2.32. The highest BCUT2D eigenvalue weighted by molar-refractivity contribution is 6.02. The number of para-hydroxylation sites is 1. The normalized spacial score (nSPS) is 16.3. The molecule has 1 aliphatic heterocycles. The summed E-state index contributed by atoms with van der Waals surface area (Å²) in [4.78, 5) is 0. The Morgan fingerprint density at radius 3 is 2.00 bits per heavy atom. The van der Waals surface area contributed by atoms with Gasteiger partial charge in [-0.05, 0) is 76.1 Å². The third-order valence-corrected chi connectivity index (χ3v) is 10.4. The molecule has 3 aliphatic rings. The third-order valence-electron chi connectivity index (χ3n) is 10.4. The van der Waals surface area contributed by atoms with Crippen LogP contribution in [0.4, 0.5) is 4.39 Å². The van der Waals surface area contributed by atoms with E-state index in [4.69, 9.17) is 4.74 Å². The third kappa shape index (κ3) is 3.08. The van der Waals surface area contributed by atoms with Gasteiger partial charge < -0.3 is 9.30 Å². The first-order valence-corrected chi connectivity index (χ1v) is 15.7. The molecule has 2 heterocycles. The molecule has 0 N–H and O–H groups in total. The molecule has 0 saturated heterocycles. The van der Waals surface area contributed by atoms with Gasteiger partial charge in [-0.2, -0.15) is 0 Å². The zero-order valence-corrected chi connectivity index (χ0v) is 24.7. The van der Waals surface area contributed by atoms with Crippen LogP contribution in [-0.2, 0) is 11.8 Å². The Morgan fingerprint density at radius 2 is 1.27 bits per heavy atom. The van der Waals surface area contributed by atoms with Crippen molar-refractivity contribution in [3.63, 3.8) is 0 Å². The van der Waals surface area contributed by atoms with Crippen LogP contribution in [0.15, 0.2) is 133 Å². The van der Waals surface area contributed by atoms with E-state index >= 15 is 0 Å². The second-order valence-electron chi connectivity index (χ2n) is 12.6. The van der Waals surface area contributed by atoms with Crippen molar-refractivity contribution in [1.29, 1.82) is 0 Å². The summed E-state index contributed by atoms with van der Waals surface area (Å²) in [5.74, 6) is 1.78. The molecule has 0 saturated carbocycles. The van der Waals surface area contributed by atoms with Gasteiger partial charge in [0.1, 0.15) is 11.6 Å². The summed E-state index contributed by atoms with van der Waals surface area (Å²) in [5.41, 5.74) is 13.8. The van der Waals surface area contributed by atoms with E-state index in [1.54, 1.807) is 12.1 Å². The van der Waals surface area contributed by atoms with E-state index in [0.29, 0.717) is 5.92 Å². The van der Waals surface area contributed by atoms with Crippen LogP contribution in [0.5, 0.6) is 11.5 Å². The van der Waals surface area contributed by atoms with E-state index < -0.39 is 5.41 Å². The van der Waals surface area contributed by atoms with Gasteiger partial charge in [-0.3, -0.25) is 0 Å². The number of aromatic nitrogens is 1. The fourth-order valence-corrected chi connectivity index (χ4v) is 8.68. The van der Waals surface area contributed by atoms with Crippen molar-refractivity contribution in [2.45, 2.75) is 24.7 Å². The van der Waals surface area contributed by atoms with Crippen molar-refractivity contribution >= 4 is 10.9 Å². The minimum atomic E-state index is -0.548. The summed E-state index contributed by atoms with van der Waals surface area (Å²) >= 11 is 0. The van der Waals surface area contributed by atoms with Gasteiger partial charge in [0.05, 0.1) is 16.6 Å². The molecule has 3 heteroatoms. The molecule has 1 aromatic heterocycles. The first-order valence-electron chi connectivity index (χ1n) is 15.7. The number of ether oxygens (including phenoxy) is 1. The molecule has 0 fully saturated rings. The Balaban J connectivity index is 1.41. The average molecular weight is 582 g/mol. The van der Waals surface area contributed by atoms with E-state index in [0.717, 1.165) is 40.3 Å². The quantitative estimate of drug-likeness (QED) is 0.188. The molecule has 7 aromatic rings. The van der Waals surface area contributed by atoms with Gasteiger partial charge in [0.25, 0.3) is 0 Å². The topological polar surface area (TPSA) is 14.2 Å². The van der Waals surface area contributed by atoms with Crippen molar-refractivity contribution in [3.05, 3.63) is 173 Å². The van der Waals surface area contributed by atoms with Gasteiger partial charge in [0.15, 0.2) is 5.75 Å². The van der Waals surface area contributed by atoms with Gasteiger partial charge in [-0.15, -0.1) is 0 Å². The Morgan fingerprint density at radius 1 is 0.644 bits per heavy atom. The SMILES string of the molecule is CC1Cc2ccccc2-c2c1c1ccc3c(c1n2-c1ccc(F)cc1)Oc1ccccc1C31c2ccccc2-c2ccccc21. The summed E-state index contributed by atoms with van der Waals surface area (Å²) < 4.78 is 23.8. The predicted molar refractivity (Wildman–Crippen MR) is 178 cm³/mol. The molecule has 1 spiro atoms. The molecule has 6 aromatic carbocycles. The maximum absolute atomic E-state index is 14.4. The maximum atomic E-state index is 14.4. The monoisotopic (exact) mass is 581 g/mol. The fourth-order valence-electron chi connectivity index (χ4n) is 8.68. The number of rotatable bonds is 1. The van der Waals surface area contributed by atoms with E-state index in [2.05, 4.69) is 121 Å². The Hall–Kier alpha value is -5.41. The Kier molecular flexibility index (Phi) is 4.90. The number of benzene rings is 6. The number of nitrogens with zero attached hydrogens (tertiary/aromatic N) is 1. The fraction of sp³-hybridized carbons (Fsp3) is 0.0952. The lowest BCUT2D eigenvalue weighted by Gasteiger charge is -2.39. The Bertz CT molecular complexity index is 2320. The number of hydrogen-bond donors (Lipinski definition) is 0. The van der Waals surface area contributed by atoms with Crippen LogP contribution in [0.2, 0.25) is 0 Å². The molecule has 1 atom stereocenters. The lowest BCUT2D eigenvalue weighted by molar-refractivity contribution is 0.440. The molecule has 0 bridgehead atoms. The highest BCUT2D eigenvalue weighted by Crippen LogP contribution is 2.63. The molecule has 1 unspecified atom stereocenters. The van der Waals surface area contributed by atoms with Gasteiger partial charge in [-0.1, -0.05) is 110 Å². The number of fused-ring (bicyclic) bond motifs is 15. The zero-order chi connectivity index (χ0) is 29.9. The standard InChI is InChI=1S/C42H28FNO/c1-25-24-26-10-2-3-11-29(26)39-38(25)32-22-23-36-41(40(32)44(39)28-20-18-27(43)19-21-28)45-37-17-9-8-16-35(37)42(36)33-14-6-4-12-30(33)31-13-5-7-15-34(31)42/h2-23,25H,24H2,1H3. The van der Waals surface area contributed by atoms with Crippen LogP contribution in [0.25, 0.3) is 39.0 Å². The van der Waals surface area contributed by atoms with Crippen molar-refractivity contribution in [2.24, 2.45) is 0 Å². The minimum absolute atomic E-state index is 0.247. The van der Waals surface area contributed by atoms with Crippen molar-refractivity contribution < 1.29 is 9.13 Å². The molecule has 0 radical (unpaired) electrons. The minimum Gasteiger partial charge on any atom is -0.454 e. The van der Waals surface area contributed by atoms with E-state index in [9.17, 15) is 4.39 Å². The summed E-state index contributed by atoms with van der Waals surface area (Å²) in [5, 5.41) is 1.18. The summed E-state index contributed by atoms with van der Waals surface area (Å²) in [6.07, 6.45) is 0.969. The van der Waals surface area contributed by atoms with Crippen LogP contribution < -0.4 is 4.74 Å². The van der Waals surface area contributed by atoms with E-state index in [-0.39, 0.29) is 5.82 Å². The average Bonchev–Trinajstić information content (AvgIpc) is 3.58. The van der Waals surface area contributed by atoms with Gasteiger partial charge in [0, 0.05) is 27.8 Å². The summed E-state index contributed by atoms with van der Waals surface area (Å²) in [6, 6.07) is 46.4. The second kappa shape index (κ2) is 8.83. The first-order chi connectivity index (χ1) is 22.2. The van der Waals surface area contributed by atoms with Crippen LogP contribution in [0, 0.1) is 5.82 Å². The van der Waals surface area contributed by atoms with Crippen molar-refractivity contribution in [1.82, 2.24) is 4.57 Å². The van der Waals surface area contributed by atoms with Crippen LogP contribution >= 0.6 is 0 Å². The zero-order valence-electron chi connectivity index (χ0n) is 24.7. The molecule has 2 aliphatic carbocycles. The van der Waals surface area contributed by atoms with E-state index in [1.807, 2.05) is 12.1 Å². The van der Waals surface area contributed by atoms with Gasteiger partial charge in [0.2, 0.25) is 0 Å². The van der Waals surface area contributed by atoms with Crippen LogP contribution in [0.3, 0.4) is 0 Å². The predicted octanol–water partition coefficient (Wildman–Crippen LogP) is 10.6. The molecule has 10 rings (SSSR count). The molecule has 0 amide bonds. The smallest absolute Gasteiger partial charge is 0.156 e. The summed E-state index contributed by atoms with van der Waals surface area (Å²) in [6.45, 7) is 2.32. The molecule has 214 valence electrons. The second-order valence-corrected chi connectivity index (χ2v) is 12.6. The molecule has 2 nitrogen and oxygen atoms in total. The van der Waals surface area contributed by atoms with Gasteiger partial charge in [-0.25, -0.2) is 4.39 Å². The Labute approximate surface area is 261 Å². The number of hydrogen-bond acceptors (Lipinski definition) is 1. The summed E-state index contributed by atoms with van der Waals surface area (Å²) in [7, 11) is 0.